The van der Waals surface area contributed by atoms with Crippen LogP contribution in [-0.4, -0.2) is 63.8 Å². The molecule has 5 N–H and O–H groups in total. The second-order valence-corrected chi connectivity index (χ2v) is 5.00. The lowest BCUT2D eigenvalue weighted by atomic mass is 10.1. The number of hydrogen-bond acceptors (Lipinski definition) is 9. The van der Waals surface area contributed by atoms with E-state index in [0.29, 0.717) is 11.2 Å². The number of aliphatic hydroxyl groups excluding tert-OH is 1. The highest BCUT2D eigenvalue weighted by Gasteiger charge is 2.45. The van der Waals surface area contributed by atoms with Crippen molar-refractivity contribution in [3.05, 3.63) is 6.33 Å². The van der Waals surface area contributed by atoms with Gasteiger partial charge in [0.1, 0.15) is 23.8 Å². The Morgan fingerprint density at radius 2 is 2.14 bits per heavy atom. The fourth-order valence-electron chi connectivity index (χ4n) is 2.68. The molecule has 22 heavy (non-hydrogen) atoms. The molecule has 1 fully saturated rings. The first-order valence-electron chi connectivity index (χ1n) is 6.67. The third-order valence-corrected chi connectivity index (χ3v) is 3.65. The number of nitrogens with two attached hydrogens (primary N) is 2. The van der Waals surface area contributed by atoms with Crippen LogP contribution in [0.2, 0.25) is 0 Å². The van der Waals surface area contributed by atoms with Crippen LogP contribution < -0.4 is 11.5 Å². The van der Waals surface area contributed by atoms with Crippen LogP contribution in [0.25, 0.3) is 11.2 Å². The third-order valence-electron chi connectivity index (χ3n) is 3.65. The van der Waals surface area contributed by atoms with Gasteiger partial charge in [-0.15, -0.1) is 0 Å². The Morgan fingerprint density at radius 3 is 2.82 bits per heavy atom. The standard InChI is InChI=1S/C12H18N6O4/c1-20-3-5-8(21-2)7(19)11(22-5)18-4-15-6-9(13)16-12(14)17-10(6)18/h4-5,7-8,11,19H,3H2,1-2H3,(H4,13,14,16,17)/t5-,7?,8?,11-/m1/s1. The van der Waals surface area contributed by atoms with Crippen LogP contribution in [0, 0.1) is 0 Å². The molecular weight excluding hydrogens is 292 g/mol. The first-order chi connectivity index (χ1) is 10.6. The van der Waals surface area contributed by atoms with Crippen molar-refractivity contribution in [3.63, 3.8) is 0 Å². The molecule has 0 amide bonds. The second kappa shape index (κ2) is 5.65. The van der Waals surface area contributed by atoms with E-state index < -0.39 is 24.5 Å². The molecule has 2 aromatic heterocycles. The van der Waals surface area contributed by atoms with Gasteiger partial charge < -0.3 is 30.8 Å². The molecule has 0 aliphatic carbocycles. The number of imidazole rings is 1. The zero-order chi connectivity index (χ0) is 15.9. The van der Waals surface area contributed by atoms with Crippen molar-refractivity contribution in [2.45, 2.75) is 24.5 Å². The van der Waals surface area contributed by atoms with Crippen molar-refractivity contribution in [2.75, 3.05) is 32.3 Å². The van der Waals surface area contributed by atoms with Gasteiger partial charge in [0.2, 0.25) is 5.95 Å². The van der Waals surface area contributed by atoms with Crippen LogP contribution in [0.5, 0.6) is 0 Å². The second-order valence-electron chi connectivity index (χ2n) is 5.00. The number of aromatic nitrogens is 4. The van der Waals surface area contributed by atoms with Gasteiger partial charge in [0, 0.05) is 14.2 Å². The maximum Gasteiger partial charge on any atom is 0.224 e. The zero-order valence-corrected chi connectivity index (χ0v) is 12.2. The number of ether oxygens (including phenoxy) is 3. The Bertz CT molecular complexity index is 677. The SMILES string of the molecule is COC[C@H]1O[C@@H](n2cnc3c(N)nc(N)nc32)C(O)C1OC. The molecule has 2 unspecified atom stereocenters. The highest BCUT2D eigenvalue weighted by Crippen LogP contribution is 2.33. The van der Waals surface area contributed by atoms with Crippen molar-refractivity contribution in [3.8, 4) is 0 Å². The molecule has 0 saturated carbocycles. The lowest BCUT2D eigenvalue weighted by molar-refractivity contribution is -0.0612. The van der Waals surface area contributed by atoms with Crippen LogP contribution in [0.1, 0.15) is 6.23 Å². The summed E-state index contributed by atoms with van der Waals surface area (Å²) in [6.45, 7) is 0.290. The largest absolute Gasteiger partial charge is 0.386 e. The molecule has 10 nitrogen and oxygen atoms in total. The van der Waals surface area contributed by atoms with Gasteiger partial charge in [0.15, 0.2) is 17.7 Å². The summed E-state index contributed by atoms with van der Waals surface area (Å²) in [7, 11) is 3.06. The molecule has 3 heterocycles. The maximum absolute atomic E-state index is 10.5. The number of anilines is 2. The van der Waals surface area contributed by atoms with E-state index in [4.69, 9.17) is 25.7 Å². The smallest absolute Gasteiger partial charge is 0.224 e. The number of rotatable bonds is 4. The van der Waals surface area contributed by atoms with Crippen molar-refractivity contribution in [1.82, 2.24) is 19.5 Å². The van der Waals surface area contributed by atoms with Crippen molar-refractivity contribution >= 4 is 22.9 Å². The molecule has 0 aromatic carbocycles. The van der Waals surface area contributed by atoms with Crippen LogP contribution in [-0.2, 0) is 14.2 Å². The summed E-state index contributed by atoms with van der Waals surface area (Å²) in [6.07, 6.45) is -1.11. The van der Waals surface area contributed by atoms with E-state index in [1.165, 1.54) is 13.4 Å². The van der Waals surface area contributed by atoms with Crippen LogP contribution in [0.4, 0.5) is 11.8 Å². The van der Waals surface area contributed by atoms with E-state index in [0.717, 1.165) is 0 Å². The first-order valence-corrected chi connectivity index (χ1v) is 6.67. The van der Waals surface area contributed by atoms with E-state index in [9.17, 15) is 5.11 Å². The van der Waals surface area contributed by atoms with Crippen molar-refractivity contribution < 1.29 is 19.3 Å². The summed E-state index contributed by atoms with van der Waals surface area (Å²) < 4.78 is 17.8. The molecular formula is C12H18N6O4. The predicted molar refractivity (Wildman–Crippen MR) is 76.7 cm³/mol. The fourth-order valence-corrected chi connectivity index (χ4v) is 2.68. The van der Waals surface area contributed by atoms with Crippen molar-refractivity contribution in [2.24, 2.45) is 0 Å². The van der Waals surface area contributed by atoms with Gasteiger partial charge in [0.25, 0.3) is 0 Å². The van der Waals surface area contributed by atoms with Crippen LogP contribution in [0.15, 0.2) is 6.33 Å². The molecule has 1 aliphatic heterocycles. The minimum absolute atomic E-state index is 0.0240. The average Bonchev–Trinajstić information content (AvgIpc) is 3.01. The Balaban J connectivity index is 2.01. The molecule has 0 spiro atoms. The minimum Gasteiger partial charge on any atom is -0.386 e. The summed E-state index contributed by atoms with van der Waals surface area (Å²) in [5.41, 5.74) is 12.2. The normalized spacial score (nSPS) is 28.5. The van der Waals surface area contributed by atoms with Gasteiger partial charge in [-0.2, -0.15) is 9.97 Å². The topological polar surface area (TPSA) is 144 Å². The third kappa shape index (κ3) is 2.25. The lowest BCUT2D eigenvalue weighted by Crippen LogP contribution is -2.35. The van der Waals surface area contributed by atoms with Gasteiger partial charge in [-0.05, 0) is 0 Å². The van der Waals surface area contributed by atoms with Gasteiger partial charge in [-0.1, -0.05) is 0 Å². The number of nitrogen functional groups attached to an aromatic ring is 2. The minimum atomic E-state index is -0.917. The Morgan fingerprint density at radius 1 is 1.36 bits per heavy atom. The van der Waals surface area contributed by atoms with Crippen LogP contribution in [0.3, 0.4) is 0 Å². The van der Waals surface area contributed by atoms with E-state index in [1.54, 1.807) is 11.7 Å². The number of aliphatic hydroxyl groups is 1. The molecule has 1 aliphatic rings. The number of methoxy groups -OCH3 is 2. The summed E-state index contributed by atoms with van der Waals surface area (Å²) in [5.74, 6) is 0.196. The molecule has 0 radical (unpaired) electrons. The Labute approximate surface area is 126 Å². The van der Waals surface area contributed by atoms with Gasteiger partial charge in [0.05, 0.1) is 12.9 Å². The van der Waals surface area contributed by atoms with E-state index >= 15 is 0 Å². The van der Waals surface area contributed by atoms with E-state index in [2.05, 4.69) is 15.0 Å². The molecule has 120 valence electrons. The molecule has 3 rings (SSSR count). The first kappa shape index (κ1) is 14.9. The Kier molecular flexibility index (Phi) is 3.83. The number of hydrogen-bond donors (Lipinski definition) is 3. The maximum atomic E-state index is 10.5. The molecule has 10 heteroatoms. The average molecular weight is 310 g/mol. The summed E-state index contributed by atoms with van der Waals surface area (Å²) in [4.78, 5) is 12.1. The molecule has 4 atom stereocenters. The van der Waals surface area contributed by atoms with Crippen LogP contribution >= 0.6 is 0 Å². The summed E-state index contributed by atoms with van der Waals surface area (Å²) in [5, 5.41) is 10.5. The van der Waals surface area contributed by atoms with Crippen molar-refractivity contribution in [1.29, 1.82) is 0 Å². The highest BCUT2D eigenvalue weighted by molar-refractivity contribution is 5.82. The zero-order valence-electron chi connectivity index (χ0n) is 12.2. The molecule has 0 bridgehead atoms. The van der Waals surface area contributed by atoms with Gasteiger partial charge >= 0.3 is 0 Å². The predicted octanol–water partition coefficient (Wildman–Crippen LogP) is -1.09. The van der Waals surface area contributed by atoms with E-state index in [1.807, 2.05) is 0 Å². The summed E-state index contributed by atoms with van der Waals surface area (Å²) in [6, 6.07) is 0. The van der Waals surface area contributed by atoms with E-state index in [-0.39, 0.29) is 18.4 Å². The monoisotopic (exact) mass is 310 g/mol. The quantitative estimate of drug-likeness (QED) is 0.641. The fraction of sp³-hybridized carbons (Fsp3) is 0.583. The molecule has 1 saturated heterocycles. The number of fused-ring (bicyclic) bond motifs is 1. The Hall–Kier alpha value is -2.01. The van der Waals surface area contributed by atoms with Gasteiger partial charge in [-0.3, -0.25) is 4.57 Å². The number of nitrogens with zero attached hydrogens (tertiary/aromatic N) is 4. The van der Waals surface area contributed by atoms with Gasteiger partial charge in [-0.25, -0.2) is 4.98 Å². The molecule has 2 aromatic rings. The highest BCUT2D eigenvalue weighted by atomic mass is 16.6. The summed E-state index contributed by atoms with van der Waals surface area (Å²) >= 11 is 0. The lowest BCUT2D eigenvalue weighted by Gasteiger charge is -2.18.